The smallest absolute Gasteiger partial charge is 0.473 e. The maximum absolute atomic E-state index is 9.10. The third-order valence-electron chi connectivity index (χ3n) is 3.25. The number of carbonyl (C=O) groups is 2. The van der Waals surface area contributed by atoms with Gasteiger partial charge < -0.3 is 31.0 Å². The van der Waals surface area contributed by atoms with Crippen molar-refractivity contribution >= 4 is 30.9 Å². The van der Waals surface area contributed by atoms with Gasteiger partial charge in [0.2, 0.25) is 0 Å². The van der Waals surface area contributed by atoms with Crippen LogP contribution in [0.4, 0.5) is 0 Å². The zero-order valence-electron chi connectivity index (χ0n) is 12.7. The average molecular weight is 330 g/mol. The van der Waals surface area contributed by atoms with E-state index in [0.29, 0.717) is 0 Å². The van der Waals surface area contributed by atoms with E-state index in [1.54, 1.807) is 0 Å². The summed E-state index contributed by atoms with van der Waals surface area (Å²) in [6.07, 6.45) is 3.16. The van der Waals surface area contributed by atoms with E-state index >= 15 is 0 Å². The SMILES string of the molecule is CCC(CC)(CC)C(C)(N)Cl.O=C(O)C(=O)O.OB(O)O. The molecule has 0 amide bonds. The number of alkyl halides is 1. The van der Waals surface area contributed by atoms with Crippen LogP contribution in [0.3, 0.4) is 0 Å². The van der Waals surface area contributed by atoms with Crippen LogP contribution in [0.25, 0.3) is 0 Å². The molecule has 0 heterocycles. The Hall–Kier alpha value is -0.865. The molecule has 0 spiro atoms. The molecule has 0 aliphatic carbocycles. The molecule has 0 rings (SSSR count). The first-order valence-electron chi connectivity index (χ1n) is 6.29. The van der Waals surface area contributed by atoms with Crippen molar-refractivity contribution in [2.75, 3.05) is 0 Å². The Kier molecular flexibility index (Phi) is 14.1. The third-order valence-corrected chi connectivity index (χ3v) is 3.65. The Labute approximate surface area is 129 Å². The van der Waals surface area contributed by atoms with Crippen LogP contribution in [0.2, 0.25) is 0 Å². The number of halogens is 1. The molecule has 0 aromatic heterocycles. The second kappa shape index (κ2) is 11.8. The zero-order chi connectivity index (χ0) is 17.9. The molecular weight excluding hydrogens is 304 g/mol. The molecular formula is C11H25BClNO7. The second-order valence-electron chi connectivity index (χ2n) is 4.37. The highest BCUT2D eigenvalue weighted by molar-refractivity contribution is 6.30. The largest absolute Gasteiger partial charge is 0.631 e. The molecule has 8 nitrogen and oxygen atoms in total. The van der Waals surface area contributed by atoms with E-state index in [2.05, 4.69) is 20.8 Å². The highest BCUT2D eigenvalue weighted by Crippen LogP contribution is 2.42. The van der Waals surface area contributed by atoms with Gasteiger partial charge in [0.1, 0.15) is 0 Å². The molecule has 1 atom stereocenters. The minimum Gasteiger partial charge on any atom is -0.473 e. The quantitative estimate of drug-likeness (QED) is 0.185. The van der Waals surface area contributed by atoms with E-state index in [-0.39, 0.29) is 5.41 Å². The monoisotopic (exact) mass is 329 g/mol. The first kappa shape index (κ1) is 25.1. The van der Waals surface area contributed by atoms with Crippen molar-refractivity contribution in [2.45, 2.75) is 52.0 Å². The van der Waals surface area contributed by atoms with Crippen molar-refractivity contribution in [2.24, 2.45) is 11.1 Å². The molecule has 7 N–H and O–H groups in total. The highest BCUT2D eigenvalue weighted by Gasteiger charge is 2.39. The number of nitrogens with two attached hydrogens (primary N) is 1. The summed E-state index contributed by atoms with van der Waals surface area (Å²) in [6.45, 7) is 8.37. The Morgan fingerprint density at radius 1 is 1.00 bits per heavy atom. The van der Waals surface area contributed by atoms with Gasteiger partial charge in [0, 0.05) is 5.41 Å². The standard InChI is InChI=1S/C9H20ClN.C2H2O4.BH3O3/c1-5-9(6-2,7-3)8(4,10)11;3-1(4)2(5)6;2-1(3)4/h5-7,11H2,1-4H3;(H,3,4)(H,5,6);2-4H. The van der Waals surface area contributed by atoms with Crippen LogP contribution in [0.1, 0.15) is 47.0 Å². The first-order chi connectivity index (χ1) is 9.31. The fraction of sp³-hybridized carbons (Fsp3) is 0.818. The van der Waals surface area contributed by atoms with Crippen molar-refractivity contribution in [3.8, 4) is 0 Å². The predicted octanol–water partition coefficient (Wildman–Crippen LogP) is 0.220. The van der Waals surface area contributed by atoms with Gasteiger partial charge in [-0.3, -0.25) is 0 Å². The van der Waals surface area contributed by atoms with Crippen molar-refractivity contribution in [3.63, 3.8) is 0 Å². The van der Waals surface area contributed by atoms with E-state index in [4.69, 9.17) is 52.2 Å². The molecule has 0 aromatic rings. The number of aliphatic carboxylic acids is 2. The summed E-state index contributed by atoms with van der Waals surface area (Å²) in [5.74, 6) is -3.65. The lowest BCUT2D eigenvalue weighted by atomic mass is 9.74. The van der Waals surface area contributed by atoms with Crippen molar-refractivity contribution in [1.82, 2.24) is 0 Å². The molecule has 0 saturated heterocycles. The van der Waals surface area contributed by atoms with Gasteiger partial charge in [0.15, 0.2) is 0 Å². The van der Waals surface area contributed by atoms with Crippen LogP contribution in [-0.2, 0) is 9.59 Å². The topological polar surface area (TPSA) is 161 Å². The van der Waals surface area contributed by atoms with Gasteiger partial charge in [-0.2, -0.15) is 0 Å². The molecule has 0 bridgehead atoms. The van der Waals surface area contributed by atoms with E-state index in [0.717, 1.165) is 19.3 Å². The van der Waals surface area contributed by atoms with Gasteiger partial charge in [-0.15, -0.1) is 11.6 Å². The average Bonchev–Trinajstić information content (AvgIpc) is 2.30. The minimum absolute atomic E-state index is 0.106. The number of hydrogen-bond donors (Lipinski definition) is 6. The Morgan fingerprint density at radius 3 is 1.19 bits per heavy atom. The predicted molar refractivity (Wildman–Crippen MR) is 79.4 cm³/mol. The van der Waals surface area contributed by atoms with Gasteiger partial charge in [-0.1, -0.05) is 20.8 Å². The number of carboxylic acid groups (broad SMARTS) is 2. The van der Waals surface area contributed by atoms with Gasteiger partial charge in [0.25, 0.3) is 0 Å². The molecule has 0 fully saturated rings. The van der Waals surface area contributed by atoms with Crippen LogP contribution < -0.4 is 5.73 Å². The van der Waals surface area contributed by atoms with Crippen molar-refractivity contribution < 1.29 is 34.9 Å². The Bertz CT molecular complexity index is 280. The van der Waals surface area contributed by atoms with Crippen LogP contribution in [0, 0.1) is 5.41 Å². The normalized spacial score (nSPS) is 12.8. The lowest BCUT2D eigenvalue weighted by molar-refractivity contribution is -0.159. The minimum atomic E-state index is -2.17. The third kappa shape index (κ3) is 12.6. The fourth-order valence-corrected chi connectivity index (χ4v) is 2.19. The fourth-order valence-electron chi connectivity index (χ4n) is 1.79. The van der Waals surface area contributed by atoms with Crippen molar-refractivity contribution in [3.05, 3.63) is 0 Å². The summed E-state index contributed by atoms with van der Waals surface area (Å²) in [4.78, 5) is 17.6. The summed E-state index contributed by atoms with van der Waals surface area (Å²) in [5, 5.41) is 36.3. The highest BCUT2D eigenvalue weighted by atomic mass is 35.5. The number of carboxylic acids is 2. The lowest BCUT2D eigenvalue weighted by Crippen LogP contribution is -2.47. The Morgan fingerprint density at radius 2 is 1.19 bits per heavy atom. The molecule has 0 aliphatic rings. The number of hydrogen-bond acceptors (Lipinski definition) is 6. The molecule has 10 heteroatoms. The number of rotatable bonds is 4. The zero-order valence-corrected chi connectivity index (χ0v) is 13.5. The lowest BCUT2D eigenvalue weighted by Gasteiger charge is -2.41. The van der Waals surface area contributed by atoms with Gasteiger partial charge in [0.05, 0.1) is 5.00 Å². The summed E-state index contributed by atoms with van der Waals surface area (Å²) in [7, 11) is -2.17. The van der Waals surface area contributed by atoms with E-state index in [9.17, 15) is 0 Å². The molecule has 126 valence electrons. The molecule has 0 aromatic carbocycles. The van der Waals surface area contributed by atoms with Gasteiger partial charge in [-0.05, 0) is 26.2 Å². The second-order valence-corrected chi connectivity index (χ2v) is 5.16. The van der Waals surface area contributed by atoms with E-state index < -0.39 is 24.3 Å². The summed E-state index contributed by atoms with van der Waals surface area (Å²) >= 11 is 6.13. The summed E-state index contributed by atoms with van der Waals surface area (Å²) in [5.41, 5.74) is 6.02. The Balaban J connectivity index is -0.000000272. The molecule has 0 aliphatic heterocycles. The molecule has 0 radical (unpaired) electrons. The van der Waals surface area contributed by atoms with Crippen LogP contribution in [0.5, 0.6) is 0 Å². The summed E-state index contributed by atoms with van der Waals surface area (Å²) < 4.78 is 0. The maximum atomic E-state index is 9.10. The summed E-state index contributed by atoms with van der Waals surface area (Å²) in [6, 6.07) is 0. The molecule has 1 unspecified atom stereocenters. The van der Waals surface area contributed by atoms with Crippen LogP contribution >= 0.6 is 11.6 Å². The molecule has 0 saturated carbocycles. The van der Waals surface area contributed by atoms with E-state index in [1.165, 1.54) is 0 Å². The van der Waals surface area contributed by atoms with Crippen LogP contribution in [0.15, 0.2) is 0 Å². The molecule has 21 heavy (non-hydrogen) atoms. The van der Waals surface area contributed by atoms with Crippen LogP contribution in [-0.4, -0.2) is 49.5 Å². The van der Waals surface area contributed by atoms with E-state index in [1.807, 2.05) is 6.92 Å². The van der Waals surface area contributed by atoms with Crippen molar-refractivity contribution in [1.29, 1.82) is 0 Å². The maximum Gasteiger partial charge on any atom is 0.631 e. The first-order valence-corrected chi connectivity index (χ1v) is 6.67. The van der Waals surface area contributed by atoms with Gasteiger partial charge in [-0.25, -0.2) is 9.59 Å². The van der Waals surface area contributed by atoms with Gasteiger partial charge >= 0.3 is 19.3 Å².